The predicted molar refractivity (Wildman–Crippen MR) is 112 cm³/mol. The van der Waals surface area contributed by atoms with Crippen molar-refractivity contribution < 1.29 is 4.42 Å². The SMILES string of the molecule is Cc1ccc2c(oc3c2ccc2ccc4ccccc4c23)c1C(C)(C)C. The highest BCUT2D eigenvalue weighted by atomic mass is 16.3. The van der Waals surface area contributed by atoms with Gasteiger partial charge in [0.2, 0.25) is 0 Å². The first-order chi connectivity index (χ1) is 12.4. The molecule has 0 fully saturated rings. The van der Waals surface area contributed by atoms with Gasteiger partial charge in [-0.1, -0.05) is 75.4 Å². The van der Waals surface area contributed by atoms with Crippen LogP contribution in [0.4, 0.5) is 0 Å². The lowest BCUT2D eigenvalue weighted by Crippen LogP contribution is -2.13. The number of aryl methyl sites for hydroxylation is 1. The van der Waals surface area contributed by atoms with Crippen LogP contribution in [0.3, 0.4) is 0 Å². The van der Waals surface area contributed by atoms with Crippen molar-refractivity contribution in [2.45, 2.75) is 33.1 Å². The third-order valence-electron chi connectivity index (χ3n) is 5.47. The topological polar surface area (TPSA) is 13.1 Å². The first kappa shape index (κ1) is 15.5. The number of hydrogen-bond donors (Lipinski definition) is 0. The van der Waals surface area contributed by atoms with Gasteiger partial charge in [0.15, 0.2) is 0 Å². The average molecular weight is 338 g/mol. The third kappa shape index (κ3) is 2.03. The molecule has 1 aromatic heterocycles. The first-order valence-electron chi connectivity index (χ1n) is 9.22. The molecule has 0 unspecified atom stereocenters. The van der Waals surface area contributed by atoms with Gasteiger partial charge in [0.05, 0.1) is 0 Å². The second kappa shape index (κ2) is 5.11. The molecule has 1 heterocycles. The van der Waals surface area contributed by atoms with Crippen LogP contribution in [0, 0.1) is 6.92 Å². The van der Waals surface area contributed by atoms with Crippen molar-refractivity contribution in [2.24, 2.45) is 0 Å². The maximum Gasteiger partial charge on any atom is 0.143 e. The molecule has 5 rings (SSSR count). The number of fused-ring (bicyclic) bond motifs is 7. The second-order valence-corrected chi connectivity index (χ2v) is 8.31. The Morgan fingerprint density at radius 2 is 1.31 bits per heavy atom. The number of benzene rings is 4. The van der Waals surface area contributed by atoms with Gasteiger partial charge in [-0.05, 0) is 40.1 Å². The summed E-state index contributed by atoms with van der Waals surface area (Å²) >= 11 is 0. The summed E-state index contributed by atoms with van der Waals surface area (Å²) in [4.78, 5) is 0. The Morgan fingerprint density at radius 3 is 2.12 bits per heavy atom. The van der Waals surface area contributed by atoms with E-state index < -0.39 is 0 Å². The maximum absolute atomic E-state index is 6.61. The maximum atomic E-state index is 6.61. The van der Waals surface area contributed by atoms with Crippen LogP contribution in [-0.4, -0.2) is 0 Å². The Bertz CT molecular complexity index is 1310. The zero-order valence-electron chi connectivity index (χ0n) is 15.7. The number of hydrogen-bond acceptors (Lipinski definition) is 1. The summed E-state index contributed by atoms with van der Waals surface area (Å²) in [6, 6.07) is 21.8. The van der Waals surface area contributed by atoms with Gasteiger partial charge in [0.1, 0.15) is 11.2 Å². The molecule has 0 atom stereocenters. The summed E-state index contributed by atoms with van der Waals surface area (Å²) in [6.45, 7) is 8.96. The first-order valence-corrected chi connectivity index (χ1v) is 9.22. The molecule has 5 aromatic rings. The molecule has 0 aliphatic carbocycles. The van der Waals surface area contributed by atoms with Crippen LogP contribution in [0.25, 0.3) is 43.5 Å². The normalized spacial score (nSPS) is 12.6. The Kier molecular flexibility index (Phi) is 3.04. The molecule has 0 radical (unpaired) electrons. The fourth-order valence-corrected chi connectivity index (χ4v) is 4.42. The van der Waals surface area contributed by atoms with E-state index >= 15 is 0 Å². The van der Waals surface area contributed by atoms with E-state index in [0.29, 0.717) is 0 Å². The summed E-state index contributed by atoms with van der Waals surface area (Å²) in [5.41, 5.74) is 4.67. The van der Waals surface area contributed by atoms with Crippen molar-refractivity contribution in [2.75, 3.05) is 0 Å². The van der Waals surface area contributed by atoms with Gasteiger partial charge < -0.3 is 4.42 Å². The van der Waals surface area contributed by atoms with Crippen LogP contribution in [0.15, 0.2) is 65.1 Å². The molecule has 128 valence electrons. The monoisotopic (exact) mass is 338 g/mol. The van der Waals surface area contributed by atoms with Crippen molar-refractivity contribution in [1.29, 1.82) is 0 Å². The summed E-state index contributed by atoms with van der Waals surface area (Å²) in [7, 11) is 0. The van der Waals surface area contributed by atoms with E-state index in [1.807, 2.05) is 0 Å². The van der Waals surface area contributed by atoms with Crippen molar-refractivity contribution in [1.82, 2.24) is 0 Å². The number of rotatable bonds is 0. The molecule has 0 bridgehead atoms. The number of furan rings is 1. The molecular formula is C25H22O. The summed E-state index contributed by atoms with van der Waals surface area (Å²) < 4.78 is 6.61. The van der Waals surface area contributed by atoms with Gasteiger partial charge in [-0.15, -0.1) is 0 Å². The molecular weight excluding hydrogens is 316 g/mol. The van der Waals surface area contributed by atoms with E-state index in [1.54, 1.807) is 0 Å². The van der Waals surface area contributed by atoms with Crippen LogP contribution in [0.1, 0.15) is 31.9 Å². The summed E-state index contributed by atoms with van der Waals surface area (Å²) in [5.74, 6) is 0. The summed E-state index contributed by atoms with van der Waals surface area (Å²) in [5, 5.41) is 7.36. The smallest absolute Gasteiger partial charge is 0.143 e. The average Bonchev–Trinajstić information content (AvgIpc) is 2.98. The molecule has 0 aliphatic rings. The molecule has 4 aromatic carbocycles. The van der Waals surface area contributed by atoms with Gasteiger partial charge in [0.25, 0.3) is 0 Å². The van der Waals surface area contributed by atoms with E-state index in [9.17, 15) is 0 Å². The molecule has 0 saturated heterocycles. The zero-order chi connectivity index (χ0) is 18.1. The predicted octanol–water partition coefficient (Wildman–Crippen LogP) is 7.50. The second-order valence-electron chi connectivity index (χ2n) is 8.31. The van der Waals surface area contributed by atoms with Crippen molar-refractivity contribution in [3.63, 3.8) is 0 Å². The minimum atomic E-state index is 0.0370. The minimum absolute atomic E-state index is 0.0370. The van der Waals surface area contributed by atoms with Crippen LogP contribution in [-0.2, 0) is 5.41 Å². The molecule has 26 heavy (non-hydrogen) atoms. The Hall–Kier alpha value is -2.80. The molecule has 0 saturated carbocycles. The molecule has 0 amide bonds. The Morgan fingerprint density at radius 1 is 0.654 bits per heavy atom. The molecule has 0 spiro atoms. The van der Waals surface area contributed by atoms with E-state index in [2.05, 4.69) is 88.4 Å². The van der Waals surface area contributed by atoms with Gasteiger partial charge in [-0.2, -0.15) is 0 Å². The lowest BCUT2D eigenvalue weighted by atomic mass is 9.83. The van der Waals surface area contributed by atoms with Gasteiger partial charge >= 0.3 is 0 Å². The van der Waals surface area contributed by atoms with Crippen LogP contribution in [0.5, 0.6) is 0 Å². The van der Waals surface area contributed by atoms with E-state index in [-0.39, 0.29) is 5.41 Å². The summed E-state index contributed by atoms with van der Waals surface area (Å²) in [6.07, 6.45) is 0. The van der Waals surface area contributed by atoms with Crippen LogP contribution < -0.4 is 0 Å². The Balaban J connectivity index is 2.06. The van der Waals surface area contributed by atoms with Crippen molar-refractivity contribution in [3.05, 3.63) is 71.8 Å². The molecule has 1 nitrogen and oxygen atoms in total. The molecule has 0 N–H and O–H groups in total. The third-order valence-corrected chi connectivity index (χ3v) is 5.47. The standard InChI is InChI=1S/C25H22O/c1-15-9-13-20-19-14-12-17-11-10-16-7-5-6-8-18(16)21(17)23(19)26-24(20)22(15)25(2,3)4/h5-14H,1-4H3. The van der Waals surface area contributed by atoms with Gasteiger partial charge in [0, 0.05) is 21.7 Å². The van der Waals surface area contributed by atoms with Gasteiger partial charge in [-0.3, -0.25) is 0 Å². The highest BCUT2D eigenvalue weighted by molar-refractivity contribution is 6.23. The molecule has 1 heteroatoms. The fraction of sp³-hybridized carbons (Fsp3) is 0.200. The van der Waals surface area contributed by atoms with Crippen LogP contribution in [0.2, 0.25) is 0 Å². The quantitative estimate of drug-likeness (QED) is 0.266. The minimum Gasteiger partial charge on any atom is -0.455 e. The fourth-order valence-electron chi connectivity index (χ4n) is 4.42. The highest BCUT2D eigenvalue weighted by Gasteiger charge is 2.23. The zero-order valence-corrected chi connectivity index (χ0v) is 15.7. The van der Waals surface area contributed by atoms with Crippen molar-refractivity contribution >= 4 is 43.5 Å². The lowest BCUT2D eigenvalue weighted by Gasteiger charge is -2.21. The van der Waals surface area contributed by atoms with E-state index in [4.69, 9.17) is 4.42 Å². The van der Waals surface area contributed by atoms with E-state index in [0.717, 1.165) is 11.2 Å². The Labute approximate surface area is 153 Å². The van der Waals surface area contributed by atoms with E-state index in [1.165, 1.54) is 43.4 Å². The largest absolute Gasteiger partial charge is 0.455 e. The molecule has 0 aliphatic heterocycles. The highest BCUT2D eigenvalue weighted by Crippen LogP contribution is 2.41. The lowest BCUT2D eigenvalue weighted by molar-refractivity contribution is 0.570. The van der Waals surface area contributed by atoms with Crippen molar-refractivity contribution in [3.8, 4) is 0 Å². The van der Waals surface area contributed by atoms with Crippen LogP contribution >= 0.6 is 0 Å². The van der Waals surface area contributed by atoms with Gasteiger partial charge in [-0.25, -0.2) is 0 Å².